The number of methoxy groups -OCH3 is 2. The number of hydrogen-bond acceptors (Lipinski definition) is 4. The first-order chi connectivity index (χ1) is 9.17. The van der Waals surface area contributed by atoms with Crippen LogP contribution >= 0.6 is 15.9 Å². The molecule has 0 aliphatic carbocycles. The van der Waals surface area contributed by atoms with E-state index in [0.717, 1.165) is 36.2 Å². The molecule has 1 rings (SSSR count). The lowest BCUT2D eigenvalue weighted by Crippen LogP contribution is -2.28. The highest BCUT2D eigenvalue weighted by Crippen LogP contribution is 2.23. The molecule has 0 unspecified atom stereocenters. The molecular weight excluding hydrogens is 310 g/mol. The van der Waals surface area contributed by atoms with Crippen LogP contribution in [-0.4, -0.2) is 50.5 Å². The molecule has 5 heteroatoms. The van der Waals surface area contributed by atoms with Gasteiger partial charge >= 0.3 is 0 Å². The summed E-state index contributed by atoms with van der Waals surface area (Å²) < 4.78 is 11.2. The summed E-state index contributed by atoms with van der Waals surface area (Å²) in [5, 5.41) is 9.88. The first-order valence-corrected chi connectivity index (χ1v) is 7.14. The van der Waals surface area contributed by atoms with Crippen LogP contribution in [0.5, 0.6) is 5.75 Å². The zero-order valence-corrected chi connectivity index (χ0v) is 13.1. The molecule has 4 nitrogen and oxygen atoms in total. The van der Waals surface area contributed by atoms with Gasteiger partial charge in [-0.15, -0.1) is 0 Å². The molecule has 0 aliphatic heterocycles. The van der Waals surface area contributed by atoms with Crippen molar-refractivity contribution in [2.75, 3.05) is 40.5 Å². The van der Waals surface area contributed by atoms with E-state index in [2.05, 4.69) is 20.8 Å². The van der Waals surface area contributed by atoms with E-state index in [1.807, 2.05) is 12.1 Å². The molecule has 0 amide bonds. The van der Waals surface area contributed by atoms with Crippen molar-refractivity contribution in [1.29, 1.82) is 0 Å². The largest absolute Gasteiger partial charge is 0.508 e. The van der Waals surface area contributed by atoms with E-state index in [0.29, 0.717) is 18.9 Å². The molecule has 0 heterocycles. The standard InChI is InChI=1S/C14H22BrNO3/c1-18-8-3-6-16(7-9-19-2)11-12-10-13(15)4-5-14(12)17/h4-5,10,17H,3,6-9,11H2,1-2H3. The van der Waals surface area contributed by atoms with Crippen molar-refractivity contribution in [2.24, 2.45) is 0 Å². The van der Waals surface area contributed by atoms with Crippen molar-refractivity contribution in [3.8, 4) is 5.75 Å². The number of phenolic OH excluding ortho intramolecular Hbond substituents is 1. The maximum absolute atomic E-state index is 9.88. The molecular formula is C14H22BrNO3. The fourth-order valence-corrected chi connectivity index (χ4v) is 2.25. The van der Waals surface area contributed by atoms with Crippen LogP contribution in [0.2, 0.25) is 0 Å². The minimum Gasteiger partial charge on any atom is -0.508 e. The molecule has 0 atom stereocenters. The SMILES string of the molecule is COCCCN(CCOC)Cc1cc(Br)ccc1O. The average Bonchev–Trinajstić information content (AvgIpc) is 2.40. The van der Waals surface area contributed by atoms with Gasteiger partial charge in [0.05, 0.1) is 6.61 Å². The number of halogens is 1. The Bertz CT molecular complexity index is 374. The normalized spacial score (nSPS) is 11.2. The molecule has 0 bridgehead atoms. The number of hydrogen-bond donors (Lipinski definition) is 1. The lowest BCUT2D eigenvalue weighted by atomic mass is 10.2. The number of aromatic hydroxyl groups is 1. The maximum atomic E-state index is 9.88. The van der Waals surface area contributed by atoms with Gasteiger partial charge in [-0.3, -0.25) is 4.90 Å². The summed E-state index contributed by atoms with van der Waals surface area (Å²) >= 11 is 3.43. The van der Waals surface area contributed by atoms with Gasteiger partial charge in [-0.25, -0.2) is 0 Å². The van der Waals surface area contributed by atoms with E-state index >= 15 is 0 Å². The van der Waals surface area contributed by atoms with Crippen LogP contribution in [0.4, 0.5) is 0 Å². The Balaban J connectivity index is 2.61. The first-order valence-electron chi connectivity index (χ1n) is 6.35. The predicted molar refractivity (Wildman–Crippen MR) is 79.5 cm³/mol. The number of benzene rings is 1. The highest BCUT2D eigenvalue weighted by atomic mass is 79.9. The smallest absolute Gasteiger partial charge is 0.120 e. The van der Waals surface area contributed by atoms with E-state index in [1.54, 1.807) is 20.3 Å². The van der Waals surface area contributed by atoms with E-state index in [9.17, 15) is 5.11 Å². The van der Waals surface area contributed by atoms with Crippen molar-refractivity contribution >= 4 is 15.9 Å². The van der Waals surface area contributed by atoms with Crippen LogP contribution < -0.4 is 0 Å². The van der Waals surface area contributed by atoms with Gasteiger partial charge < -0.3 is 14.6 Å². The summed E-state index contributed by atoms with van der Waals surface area (Å²) in [6, 6.07) is 5.50. The van der Waals surface area contributed by atoms with E-state index < -0.39 is 0 Å². The molecule has 19 heavy (non-hydrogen) atoms. The molecule has 0 fully saturated rings. The molecule has 0 aromatic heterocycles. The average molecular weight is 332 g/mol. The quantitative estimate of drug-likeness (QED) is 0.706. The molecule has 0 spiro atoms. The third-order valence-corrected chi connectivity index (χ3v) is 3.36. The third kappa shape index (κ3) is 6.38. The number of phenols is 1. The highest BCUT2D eigenvalue weighted by molar-refractivity contribution is 9.10. The van der Waals surface area contributed by atoms with Gasteiger partial charge in [-0.2, -0.15) is 0 Å². The van der Waals surface area contributed by atoms with Gasteiger partial charge in [0.15, 0.2) is 0 Å². The summed E-state index contributed by atoms with van der Waals surface area (Å²) in [7, 11) is 3.41. The summed E-state index contributed by atoms with van der Waals surface area (Å²) in [4.78, 5) is 2.25. The molecule has 0 saturated carbocycles. The van der Waals surface area contributed by atoms with Gasteiger partial charge in [-0.05, 0) is 24.6 Å². The van der Waals surface area contributed by atoms with Crippen LogP contribution in [0, 0.1) is 0 Å². The maximum Gasteiger partial charge on any atom is 0.120 e. The van der Waals surface area contributed by atoms with Gasteiger partial charge in [0.1, 0.15) is 5.75 Å². The third-order valence-electron chi connectivity index (χ3n) is 2.87. The van der Waals surface area contributed by atoms with E-state index in [-0.39, 0.29) is 0 Å². The molecule has 108 valence electrons. The van der Waals surface area contributed by atoms with Gasteiger partial charge in [0.2, 0.25) is 0 Å². The van der Waals surface area contributed by atoms with Crippen LogP contribution in [-0.2, 0) is 16.0 Å². The van der Waals surface area contributed by atoms with Gasteiger partial charge in [0, 0.05) is 50.5 Å². The molecule has 0 saturated heterocycles. The van der Waals surface area contributed by atoms with E-state index in [1.165, 1.54) is 0 Å². The second-order valence-corrected chi connectivity index (χ2v) is 5.30. The monoisotopic (exact) mass is 331 g/mol. The summed E-state index contributed by atoms with van der Waals surface area (Å²) in [6.07, 6.45) is 0.967. The topological polar surface area (TPSA) is 41.9 Å². The van der Waals surface area contributed by atoms with Crippen molar-refractivity contribution in [1.82, 2.24) is 4.90 Å². The Hall–Kier alpha value is -0.620. The minimum atomic E-state index is 0.331. The zero-order chi connectivity index (χ0) is 14.1. The number of nitrogens with zero attached hydrogens (tertiary/aromatic N) is 1. The predicted octanol–water partition coefficient (Wildman–Crippen LogP) is 2.64. The number of ether oxygens (including phenoxy) is 2. The van der Waals surface area contributed by atoms with Crippen molar-refractivity contribution in [2.45, 2.75) is 13.0 Å². The molecule has 1 aromatic rings. The Labute approximate surface area is 123 Å². The summed E-state index contributed by atoms with van der Waals surface area (Å²) in [6.45, 7) is 3.89. The molecule has 0 radical (unpaired) electrons. The zero-order valence-electron chi connectivity index (χ0n) is 11.6. The van der Waals surface area contributed by atoms with E-state index in [4.69, 9.17) is 9.47 Å². The minimum absolute atomic E-state index is 0.331. The van der Waals surface area contributed by atoms with Crippen molar-refractivity contribution in [3.05, 3.63) is 28.2 Å². The second kappa shape index (κ2) is 9.31. The Morgan fingerprint density at radius 3 is 2.58 bits per heavy atom. The Kier molecular flexibility index (Phi) is 8.05. The van der Waals surface area contributed by atoms with Crippen LogP contribution in [0.3, 0.4) is 0 Å². The summed E-state index contributed by atoms with van der Waals surface area (Å²) in [5.41, 5.74) is 0.919. The number of rotatable bonds is 9. The summed E-state index contributed by atoms with van der Waals surface area (Å²) in [5.74, 6) is 0.331. The molecule has 1 aromatic carbocycles. The second-order valence-electron chi connectivity index (χ2n) is 4.39. The molecule has 1 N–H and O–H groups in total. The first kappa shape index (κ1) is 16.4. The fraction of sp³-hybridized carbons (Fsp3) is 0.571. The van der Waals surface area contributed by atoms with Crippen LogP contribution in [0.1, 0.15) is 12.0 Å². The van der Waals surface area contributed by atoms with Crippen molar-refractivity contribution < 1.29 is 14.6 Å². The molecule has 0 aliphatic rings. The fourth-order valence-electron chi connectivity index (χ4n) is 1.84. The van der Waals surface area contributed by atoms with Crippen molar-refractivity contribution in [3.63, 3.8) is 0 Å². The van der Waals surface area contributed by atoms with Gasteiger partial charge in [0.25, 0.3) is 0 Å². The highest BCUT2D eigenvalue weighted by Gasteiger charge is 2.09. The lowest BCUT2D eigenvalue weighted by Gasteiger charge is -2.22. The van der Waals surface area contributed by atoms with Crippen LogP contribution in [0.25, 0.3) is 0 Å². The Morgan fingerprint density at radius 1 is 1.16 bits per heavy atom. The lowest BCUT2D eigenvalue weighted by molar-refractivity contribution is 0.128. The Morgan fingerprint density at radius 2 is 1.89 bits per heavy atom. The van der Waals surface area contributed by atoms with Crippen LogP contribution in [0.15, 0.2) is 22.7 Å². The van der Waals surface area contributed by atoms with Gasteiger partial charge in [-0.1, -0.05) is 15.9 Å².